The van der Waals surface area contributed by atoms with Crippen LogP contribution in [0.15, 0.2) is 18.2 Å². The zero-order chi connectivity index (χ0) is 9.26. The minimum absolute atomic E-state index is 0. The summed E-state index contributed by atoms with van der Waals surface area (Å²) in [5, 5.41) is 13.8. The van der Waals surface area contributed by atoms with Crippen molar-refractivity contribution in [1.82, 2.24) is 0 Å². The molecule has 1 N–H and O–H groups in total. The van der Waals surface area contributed by atoms with Crippen LogP contribution in [0, 0.1) is 5.38 Å². The SMILES string of the molecule is CCCc1[c-]sc2cc(O)ccc12.[Y]. The molecule has 1 aromatic heterocycles. The molecule has 1 radical (unpaired) electrons. The molecule has 2 rings (SSSR count). The van der Waals surface area contributed by atoms with Gasteiger partial charge in [-0.15, -0.1) is 16.1 Å². The normalized spacial score (nSPS) is 10.1. The first-order valence-electron chi connectivity index (χ1n) is 4.43. The summed E-state index contributed by atoms with van der Waals surface area (Å²) in [6.07, 6.45) is 2.22. The molecule has 0 aliphatic rings. The Balaban J connectivity index is 0.000000980. The van der Waals surface area contributed by atoms with Crippen molar-refractivity contribution in [1.29, 1.82) is 0 Å². The number of benzene rings is 1. The van der Waals surface area contributed by atoms with Gasteiger partial charge in [0.2, 0.25) is 0 Å². The zero-order valence-electron chi connectivity index (χ0n) is 8.08. The Hall–Kier alpha value is 0.0839. The fourth-order valence-corrected chi connectivity index (χ4v) is 2.38. The quantitative estimate of drug-likeness (QED) is 0.836. The summed E-state index contributed by atoms with van der Waals surface area (Å²) < 4.78 is 1.13. The standard InChI is InChI=1S/C11H11OS.Y/c1-2-3-8-7-13-11-6-9(12)4-5-10(8)11;/h4-6,12H,2-3H2,1H3;/q-1;. The molecule has 0 fully saturated rings. The van der Waals surface area contributed by atoms with Crippen LogP contribution in [-0.2, 0) is 39.1 Å². The smallest absolute Gasteiger partial charge is 0.102 e. The van der Waals surface area contributed by atoms with Gasteiger partial charge in [-0.2, -0.15) is 10.9 Å². The average molecular weight is 280 g/mol. The van der Waals surface area contributed by atoms with Crippen LogP contribution < -0.4 is 0 Å². The van der Waals surface area contributed by atoms with Gasteiger partial charge in [0.25, 0.3) is 0 Å². The second-order valence-corrected chi connectivity index (χ2v) is 3.96. The minimum Gasteiger partial charge on any atom is -0.509 e. The van der Waals surface area contributed by atoms with E-state index in [2.05, 4.69) is 12.3 Å². The van der Waals surface area contributed by atoms with E-state index < -0.39 is 0 Å². The molecular weight excluding hydrogens is 269 g/mol. The fourth-order valence-electron chi connectivity index (χ4n) is 1.45. The second kappa shape index (κ2) is 5.25. The molecule has 0 saturated heterocycles. The summed E-state index contributed by atoms with van der Waals surface area (Å²) in [7, 11) is 0. The molecule has 14 heavy (non-hydrogen) atoms. The van der Waals surface area contributed by atoms with Crippen molar-refractivity contribution >= 4 is 21.4 Å². The van der Waals surface area contributed by atoms with E-state index in [4.69, 9.17) is 0 Å². The molecule has 0 amide bonds. The Labute approximate surface area is 113 Å². The average Bonchev–Trinajstić information content (AvgIpc) is 2.49. The van der Waals surface area contributed by atoms with E-state index in [-0.39, 0.29) is 32.7 Å². The molecule has 1 heterocycles. The Morgan fingerprint density at radius 2 is 2.21 bits per heavy atom. The second-order valence-electron chi connectivity index (χ2n) is 3.11. The topological polar surface area (TPSA) is 20.2 Å². The van der Waals surface area contributed by atoms with Crippen LogP contribution in [0.3, 0.4) is 0 Å². The summed E-state index contributed by atoms with van der Waals surface area (Å²) in [6.45, 7) is 2.16. The maximum Gasteiger partial charge on any atom is 0.102 e. The molecule has 2 aromatic rings. The van der Waals surface area contributed by atoms with Gasteiger partial charge >= 0.3 is 0 Å². The van der Waals surface area contributed by atoms with E-state index in [9.17, 15) is 5.11 Å². The van der Waals surface area contributed by atoms with Crippen molar-refractivity contribution < 1.29 is 37.8 Å². The molecule has 0 unspecified atom stereocenters. The summed E-state index contributed by atoms with van der Waals surface area (Å²) in [5.74, 6) is 0.339. The Morgan fingerprint density at radius 3 is 2.93 bits per heavy atom. The van der Waals surface area contributed by atoms with Crippen LogP contribution in [0.25, 0.3) is 10.1 Å². The molecule has 3 heteroatoms. The van der Waals surface area contributed by atoms with Gasteiger partial charge in [-0.3, -0.25) is 11.3 Å². The fraction of sp³-hybridized carbons (Fsp3) is 0.273. The third-order valence-corrected chi connectivity index (χ3v) is 2.98. The first-order valence-corrected chi connectivity index (χ1v) is 5.25. The number of phenolic OH excluding ortho intramolecular Hbond substituents is 1. The number of aryl methyl sites for hydroxylation is 1. The predicted octanol–water partition coefficient (Wildman–Crippen LogP) is 3.36. The van der Waals surface area contributed by atoms with E-state index in [1.54, 1.807) is 23.5 Å². The molecule has 0 bridgehead atoms. The van der Waals surface area contributed by atoms with E-state index in [0.717, 1.165) is 17.5 Å². The maximum atomic E-state index is 9.26. The minimum atomic E-state index is 0. The molecule has 0 saturated carbocycles. The Bertz CT molecular complexity index is 422. The number of aromatic hydroxyl groups is 1. The van der Waals surface area contributed by atoms with Crippen LogP contribution in [-0.4, -0.2) is 5.11 Å². The van der Waals surface area contributed by atoms with Crippen LogP contribution in [0.5, 0.6) is 5.75 Å². The number of fused-ring (bicyclic) bond motifs is 1. The third-order valence-electron chi connectivity index (χ3n) is 2.07. The van der Waals surface area contributed by atoms with Gasteiger partial charge in [-0.05, 0) is 6.07 Å². The van der Waals surface area contributed by atoms with E-state index >= 15 is 0 Å². The van der Waals surface area contributed by atoms with Gasteiger partial charge in [0.05, 0.1) is 0 Å². The monoisotopic (exact) mass is 280 g/mol. The predicted molar refractivity (Wildman–Crippen MR) is 56.3 cm³/mol. The number of hydrogen-bond donors (Lipinski definition) is 1. The largest absolute Gasteiger partial charge is 0.509 e. The van der Waals surface area contributed by atoms with Gasteiger partial charge in [-0.1, -0.05) is 25.8 Å². The molecule has 1 aromatic carbocycles. The number of phenols is 1. The number of rotatable bonds is 2. The van der Waals surface area contributed by atoms with Crippen molar-refractivity contribution in [3.8, 4) is 5.75 Å². The molecule has 71 valence electrons. The van der Waals surface area contributed by atoms with E-state index in [0.29, 0.717) is 5.75 Å². The summed E-state index contributed by atoms with van der Waals surface area (Å²) in [5.41, 5.74) is 1.28. The zero-order valence-corrected chi connectivity index (χ0v) is 11.7. The Kier molecular flexibility index (Phi) is 4.55. The van der Waals surface area contributed by atoms with E-state index in [1.807, 2.05) is 6.07 Å². The number of thiophene rings is 1. The van der Waals surface area contributed by atoms with Gasteiger partial charge < -0.3 is 5.11 Å². The van der Waals surface area contributed by atoms with Crippen molar-refractivity contribution in [2.24, 2.45) is 0 Å². The first-order chi connectivity index (χ1) is 6.31. The molecular formula is C11H11OSY-. The summed E-state index contributed by atoms with van der Waals surface area (Å²) in [6, 6.07) is 5.51. The molecule has 0 aliphatic carbocycles. The number of hydrogen-bond acceptors (Lipinski definition) is 2. The summed E-state index contributed by atoms with van der Waals surface area (Å²) >= 11 is 1.58. The van der Waals surface area contributed by atoms with Crippen LogP contribution in [0.1, 0.15) is 18.9 Å². The van der Waals surface area contributed by atoms with Gasteiger partial charge in [-0.25, -0.2) is 0 Å². The summed E-state index contributed by atoms with van der Waals surface area (Å²) in [4.78, 5) is 0. The molecule has 0 aliphatic heterocycles. The maximum absolute atomic E-state index is 9.26. The van der Waals surface area contributed by atoms with Crippen LogP contribution in [0.4, 0.5) is 0 Å². The van der Waals surface area contributed by atoms with Crippen molar-refractivity contribution in [2.45, 2.75) is 19.8 Å². The molecule has 1 nitrogen and oxygen atoms in total. The van der Waals surface area contributed by atoms with Crippen LogP contribution in [0.2, 0.25) is 0 Å². The van der Waals surface area contributed by atoms with Gasteiger partial charge in [0.1, 0.15) is 5.75 Å². The Morgan fingerprint density at radius 1 is 1.43 bits per heavy atom. The van der Waals surface area contributed by atoms with Crippen molar-refractivity contribution in [2.75, 3.05) is 0 Å². The molecule has 0 spiro atoms. The first kappa shape index (κ1) is 12.2. The molecule has 0 atom stereocenters. The van der Waals surface area contributed by atoms with Gasteiger partial charge in [0.15, 0.2) is 0 Å². The third kappa shape index (κ3) is 2.36. The van der Waals surface area contributed by atoms with Crippen molar-refractivity contribution in [3.05, 3.63) is 29.1 Å². The van der Waals surface area contributed by atoms with E-state index in [1.165, 1.54) is 10.9 Å². The van der Waals surface area contributed by atoms with Gasteiger partial charge in [0, 0.05) is 32.7 Å². The van der Waals surface area contributed by atoms with Crippen LogP contribution >= 0.6 is 11.3 Å². The van der Waals surface area contributed by atoms with Crippen molar-refractivity contribution in [3.63, 3.8) is 0 Å².